The Bertz CT molecular complexity index is 624. The molecule has 0 N–H and O–H groups in total. The fourth-order valence-corrected chi connectivity index (χ4v) is 1.55. The van der Waals surface area contributed by atoms with E-state index in [2.05, 4.69) is 0 Å². The van der Waals surface area contributed by atoms with Crippen LogP contribution in [0, 0.1) is 6.92 Å². The summed E-state index contributed by atoms with van der Waals surface area (Å²) in [4.78, 5) is 23.7. The van der Waals surface area contributed by atoms with Gasteiger partial charge in [0.25, 0.3) is 5.56 Å². The van der Waals surface area contributed by atoms with Crippen molar-refractivity contribution in [2.75, 3.05) is 0 Å². The fraction of sp³-hybridized carbons (Fsp3) is 0.167. The number of aromatic nitrogens is 2. The molecule has 1 aromatic heterocycles. The van der Waals surface area contributed by atoms with Crippen molar-refractivity contribution >= 4 is 0 Å². The van der Waals surface area contributed by atoms with E-state index in [9.17, 15) is 9.59 Å². The molecule has 4 nitrogen and oxygen atoms in total. The number of hydrogen-bond acceptors (Lipinski definition) is 2. The van der Waals surface area contributed by atoms with Gasteiger partial charge in [-0.2, -0.15) is 0 Å². The van der Waals surface area contributed by atoms with Crippen LogP contribution in [0.15, 0.2) is 46.0 Å². The quantitative estimate of drug-likeness (QED) is 0.709. The van der Waals surface area contributed by atoms with Crippen molar-refractivity contribution < 1.29 is 0 Å². The molecule has 0 unspecified atom stereocenters. The highest BCUT2D eigenvalue weighted by Crippen LogP contribution is 2.00. The summed E-state index contributed by atoms with van der Waals surface area (Å²) in [5.41, 5.74) is 0.623. The lowest BCUT2D eigenvalue weighted by molar-refractivity contribution is 0.713. The van der Waals surface area contributed by atoms with E-state index in [0.29, 0.717) is 11.4 Å². The van der Waals surface area contributed by atoms with Crippen LogP contribution >= 0.6 is 0 Å². The van der Waals surface area contributed by atoms with Crippen LogP contribution in [-0.2, 0) is 7.05 Å². The van der Waals surface area contributed by atoms with Gasteiger partial charge >= 0.3 is 5.69 Å². The Hall–Kier alpha value is -2.10. The summed E-state index contributed by atoms with van der Waals surface area (Å²) >= 11 is 0. The maximum atomic E-state index is 11.9. The highest BCUT2D eigenvalue weighted by atomic mass is 16.2. The van der Waals surface area contributed by atoms with Gasteiger partial charge in [-0.15, -0.1) is 0 Å². The predicted octanol–water partition coefficient (Wildman–Crippen LogP) is 0.845. The van der Waals surface area contributed by atoms with Crippen molar-refractivity contribution in [3.8, 4) is 5.69 Å². The number of nitrogens with zero attached hydrogens (tertiary/aromatic N) is 2. The zero-order valence-electron chi connectivity index (χ0n) is 9.18. The van der Waals surface area contributed by atoms with Gasteiger partial charge in [0, 0.05) is 18.8 Å². The molecule has 0 spiro atoms. The topological polar surface area (TPSA) is 44.0 Å². The molecule has 0 amide bonds. The Balaban J connectivity index is 2.82. The SMILES string of the molecule is Cc1cc(=O)n(-c2ccccc2)c(=O)n1C. The van der Waals surface area contributed by atoms with Crippen LogP contribution in [0.25, 0.3) is 5.69 Å². The van der Waals surface area contributed by atoms with Crippen LogP contribution in [0.1, 0.15) is 5.69 Å². The molecule has 0 atom stereocenters. The van der Waals surface area contributed by atoms with E-state index >= 15 is 0 Å². The second-order valence-electron chi connectivity index (χ2n) is 3.64. The van der Waals surface area contributed by atoms with E-state index in [4.69, 9.17) is 0 Å². The zero-order valence-corrected chi connectivity index (χ0v) is 9.18. The third kappa shape index (κ3) is 1.58. The summed E-state index contributed by atoms with van der Waals surface area (Å²) in [7, 11) is 1.65. The minimum Gasteiger partial charge on any atom is -0.301 e. The average molecular weight is 216 g/mol. The highest BCUT2D eigenvalue weighted by Gasteiger charge is 2.06. The van der Waals surface area contributed by atoms with Gasteiger partial charge in [0.05, 0.1) is 5.69 Å². The number of aryl methyl sites for hydroxylation is 1. The summed E-state index contributed by atoms with van der Waals surface area (Å²) in [5.74, 6) is 0. The number of hydrogen-bond donors (Lipinski definition) is 0. The van der Waals surface area contributed by atoms with Crippen molar-refractivity contribution in [1.29, 1.82) is 0 Å². The highest BCUT2D eigenvalue weighted by molar-refractivity contribution is 5.31. The number of rotatable bonds is 1. The summed E-state index contributed by atoms with van der Waals surface area (Å²) < 4.78 is 2.61. The molecule has 4 heteroatoms. The van der Waals surface area contributed by atoms with E-state index in [1.807, 2.05) is 6.07 Å². The van der Waals surface area contributed by atoms with Crippen molar-refractivity contribution in [3.05, 3.63) is 62.9 Å². The van der Waals surface area contributed by atoms with Crippen LogP contribution in [0.2, 0.25) is 0 Å². The van der Waals surface area contributed by atoms with Crippen LogP contribution in [-0.4, -0.2) is 9.13 Å². The van der Waals surface area contributed by atoms with E-state index in [1.54, 1.807) is 38.2 Å². The van der Waals surface area contributed by atoms with Gasteiger partial charge in [-0.3, -0.25) is 4.79 Å². The van der Waals surface area contributed by atoms with Gasteiger partial charge in [-0.1, -0.05) is 18.2 Å². The molecule has 0 bridgehead atoms. The summed E-state index contributed by atoms with van der Waals surface area (Å²) in [6.07, 6.45) is 0. The maximum absolute atomic E-state index is 11.9. The first-order valence-corrected chi connectivity index (χ1v) is 4.96. The molecule has 82 valence electrons. The minimum absolute atomic E-state index is 0.299. The maximum Gasteiger partial charge on any atom is 0.335 e. The molecule has 0 radical (unpaired) electrons. The van der Waals surface area contributed by atoms with E-state index in [1.165, 1.54) is 10.6 Å². The molecule has 16 heavy (non-hydrogen) atoms. The Morgan fingerprint density at radius 1 is 1.06 bits per heavy atom. The lowest BCUT2D eigenvalue weighted by Gasteiger charge is -2.08. The molecule has 2 rings (SSSR count). The van der Waals surface area contributed by atoms with Crippen molar-refractivity contribution in [2.24, 2.45) is 7.05 Å². The van der Waals surface area contributed by atoms with Gasteiger partial charge in [0.1, 0.15) is 0 Å². The second-order valence-corrected chi connectivity index (χ2v) is 3.64. The van der Waals surface area contributed by atoms with E-state index < -0.39 is 0 Å². The molecule has 0 aliphatic heterocycles. The average Bonchev–Trinajstić information content (AvgIpc) is 2.28. The smallest absolute Gasteiger partial charge is 0.301 e. The van der Waals surface area contributed by atoms with E-state index in [0.717, 1.165) is 4.57 Å². The zero-order chi connectivity index (χ0) is 11.7. The molecular weight excluding hydrogens is 204 g/mol. The first-order chi connectivity index (χ1) is 7.61. The van der Waals surface area contributed by atoms with Gasteiger partial charge in [-0.05, 0) is 19.1 Å². The first-order valence-electron chi connectivity index (χ1n) is 4.96. The molecule has 0 aliphatic rings. The van der Waals surface area contributed by atoms with Crippen molar-refractivity contribution in [3.63, 3.8) is 0 Å². The molecule has 1 aromatic carbocycles. The largest absolute Gasteiger partial charge is 0.335 e. The van der Waals surface area contributed by atoms with Crippen LogP contribution < -0.4 is 11.2 Å². The third-order valence-electron chi connectivity index (χ3n) is 2.57. The van der Waals surface area contributed by atoms with Gasteiger partial charge in [0.2, 0.25) is 0 Å². The Kier molecular flexibility index (Phi) is 2.48. The molecule has 0 fully saturated rings. The molecule has 2 aromatic rings. The van der Waals surface area contributed by atoms with Crippen molar-refractivity contribution in [1.82, 2.24) is 9.13 Å². The summed E-state index contributed by atoms with van der Waals surface area (Å²) in [5, 5.41) is 0. The summed E-state index contributed by atoms with van der Waals surface area (Å²) in [6.45, 7) is 1.73. The fourth-order valence-electron chi connectivity index (χ4n) is 1.55. The van der Waals surface area contributed by atoms with Crippen LogP contribution in [0.3, 0.4) is 0 Å². The third-order valence-corrected chi connectivity index (χ3v) is 2.57. The standard InChI is InChI=1S/C12H12N2O2/c1-9-8-11(15)14(12(16)13(9)2)10-6-4-3-5-7-10/h3-8H,1-2H3. The second kappa shape index (κ2) is 3.81. The molecule has 0 aliphatic carbocycles. The molecular formula is C12H12N2O2. The lowest BCUT2D eigenvalue weighted by Crippen LogP contribution is -2.38. The monoisotopic (exact) mass is 216 g/mol. The predicted molar refractivity (Wildman–Crippen MR) is 62.0 cm³/mol. The van der Waals surface area contributed by atoms with Crippen LogP contribution in [0.4, 0.5) is 0 Å². The lowest BCUT2D eigenvalue weighted by atomic mass is 10.3. The van der Waals surface area contributed by atoms with Crippen molar-refractivity contribution in [2.45, 2.75) is 6.92 Å². The normalized spacial score (nSPS) is 10.4. The molecule has 0 saturated heterocycles. The number of para-hydroxylation sites is 1. The Morgan fingerprint density at radius 2 is 1.69 bits per heavy atom. The molecule has 0 saturated carbocycles. The van der Waals surface area contributed by atoms with Gasteiger partial charge in [0.15, 0.2) is 0 Å². The minimum atomic E-state index is -0.323. The number of benzene rings is 1. The van der Waals surface area contributed by atoms with Gasteiger partial charge in [-0.25, -0.2) is 9.36 Å². The van der Waals surface area contributed by atoms with E-state index in [-0.39, 0.29) is 11.2 Å². The first kappa shape index (κ1) is 10.4. The van der Waals surface area contributed by atoms with Crippen LogP contribution in [0.5, 0.6) is 0 Å². The summed E-state index contributed by atoms with van der Waals surface area (Å²) in [6, 6.07) is 10.3. The Labute approximate surface area is 92.4 Å². The Morgan fingerprint density at radius 3 is 2.31 bits per heavy atom. The molecule has 1 heterocycles. The van der Waals surface area contributed by atoms with Gasteiger partial charge < -0.3 is 4.57 Å².